The summed E-state index contributed by atoms with van der Waals surface area (Å²) >= 11 is 3.47. The molecule has 0 saturated heterocycles. The number of aromatic nitrogens is 1. The molecule has 5 nitrogen and oxygen atoms in total. The largest absolute Gasteiger partial charge is 0.362 e. The van der Waals surface area contributed by atoms with Crippen LogP contribution in [0.25, 0.3) is 0 Å². The number of carbonyl (C=O) groups is 2. The fraction of sp³-hybridized carbons (Fsp3) is 0.261. The Hall–Kier alpha value is -2.73. The van der Waals surface area contributed by atoms with Gasteiger partial charge in [-0.05, 0) is 56.0 Å². The number of hydrogen-bond acceptors (Lipinski definition) is 4. The van der Waals surface area contributed by atoms with E-state index >= 15 is 0 Å². The number of benzene rings is 1. The normalized spacial score (nSPS) is 19.0. The molecule has 0 fully saturated rings. The second-order valence-electron chi connectivity index (χ2n) is 7.49. The van der Waals surface area contributed by atoms with E-state index < -0.39 is 5.92 Å². The Morgan fingerprint density at radius 1 is 1.14 bits per heavy atom. The van der Waals surface area contributed by atoms with E-state index in [1.807, 2.05) is 44.2 Å². The van der Waals surface area contributed by atoms with Gasteiger partial charge in [-0.3, -0.25) is 9.59 Å². The molecular formula is C23H22BrN3O2. The number of Topliss-reactive ketones (excluding diaryl/α,β-unsaturated/α-hetero) is 1. The number of allylic oxidation sites excluding steroid dienone is 3. The lowest BCUT2D eigenvalue weighted by Crippen LogP contribution is -2.35. The number of nitrogens with zero attached hydrogens (tertiary/aromatic N) is 1. The smallest absolute Gasteiger partial charge is 0.255 e. The summed E-state index contributed by atoms with van der Waals surface area (Å²) in [4.78, 5) is 30.5. The van der Waals surface area contributed by atoms with Crippen LogP contribution in [0.5, 0.6) is 0 Å². The molecule has 1 atom stereocenters. The van der Waals surface area contributed by atoms with Crippen LogP contribution in [0, 0.1) is 6.92 Å². The van der Waals surface area contributed by atoms with E-state index in [4.69, 9.17) is 0 Å². The maximum Gasteiger partial charge on any atom is 0.255 e. The zero-order valence-corrected chi connectivity index (χ0v) is 18.0. The molecule has 1 aliphatic heterocycles. The molecule has 4 rings (SSSR count). The molecule has 1 aromatic heterocycles. The Morgan fingerprint density at radius 3 is 2.59 bits per heavy atom. The molecule has 1 aromatic carbocycles. The van der Waals surface area contributed by atoms with E-state index in [-0.39, 0.29) is 11.7 Å². The lowest BCUT2D eigenvalue weighted by molar-refractivity contribution is -0.116. The first-order chi connectivity index (χ1) is 13.9. The zero-order valence-electron chi connectivity index (χ0n) is 16.4. The fourth-order valence-electron chi connectivity index (χ4n) is 4.00. The van der Waals surface area contributed by atoms with Crippen molar-refractivity contribution >= 4 is 33.4 Å². The van der Waals surface area contributed by atoms with Crippen molar-refractivity contribution in [3.63, 3.8) is 0 Å². The fourth-order valence-corrected chi connectivity index (χ4v) is 4.26. The lowest BCUT2D eigenvalue weighted by atomic mass is 9.75. The number of hydrogen-bond donors (Lipinski definition) is 2. The Labute approximate surface area is 178 Å². The minimum atomic E-state index is -0.391. The molecule has 29 heavy (non-hydrogen) atoms. The van der Waals surface area contributed by atoms with Crippen molar-refractivity contribution < 1.29 is 9.59 Å². The Kier molecular flexibility index (Phi) is 5.37. The van der Waals surface area contributed by atoms with Gasteiger partial charge in [-0.1, -0.05) is 34.1 Å². The number of ketones is 1. The van der Waals surface area contributed by atoms with Crippen molar-refractivity contribution in [3.8, 4) is 0 Å². The van der Waals surface area contributed by atoms with Crippen LogP contribution in [-0.2, 0) is 9.59 Å². The third-order valence-electron chi connectivity index (χ3n) is 5.38. The van der Waals surface area contributed by atoms with Crippen molar-refractivity contribution in [1.82, 2.24) is 10.3 Å². The summed E-state index contributed by atoms with van der Waals surface area (Å²) in [6.07, 6.45) is 3.88. The van der Waals surface area contributed by atoms with E-state index in [1.165, 1.54) is 0 Å². The first-order valence-electron chi connectivity index (χ1n) is 9.67. The lowest BCUT2D eigenvalue weighted by Gasteiger charge is -2.34. The number of amides is 1. The van der Waals surface area contributed by atoms with Crippen molar-refractivity contribution in [1.29, 1.82) is 0 Å². The van der Waals surface area contributed by atoms with Gasteiger partial charge in [0.05, 0.1) is 0 Å². The summed E-state index contributed by atoms with van der Waals surface area (Å²) in [7, 11) is 0. The molecule has 2 N–H and O–H groups in total. The van der Waals surface area contributed by atoms with E-state index in [0.29, 0.717) is 23.4 Å². The molecule has 2 aromatic rings. The van der Waals surface area contributed by atoms with Crippen LogP contribution in [0.1, 0.15) is 43.2 Å². The predicted molar refractivity (Wildman–Crippen MR) is 116 cm³/mol. The number of aryl methyl sites for hydroxylation is 1. The second kappa shape index (κ2) is 7.95. The summed E-state index contributed by atoms with van der Waals surface area (Å²) in [5.74, 6) is -0.0371. The van der Waals surface area contributed by atoms with Gasteiger partial charge in [0.1, 0.15) is 5.82 Å². The molecule has 0 spiro atoms. The Morgan fingerprint density at radius 2 is 1.90 bits per heavy atom. The second-order valence-corrected chi connectivity index (χ2v) is 8.41. The Balaban J connectivity index is 1.77. The summed E-state index contributed by atoms with van der Waals surface area (Å²) in [5.41, 5.74) is 4.94. The van der Waals surface area contributed by atoms with Gasteiger partial charge in [0, 0.05) is 45.5 Å². The highest BCUT2D eigenvalue weighted by Crippen LogP contribution is 2.42. The van der Waals surface area contributed by atoms with Gasteiger partial charge in [-0.25, -0.2) is 4.98 Å². The average molecular weight is 452 g/mol. The molecule has 2 heterocycles. The molecule has 0 saturated carbocycles. The summed E-state index contributed by atoms with van der Waals surface area (Å²) < 4.78 is 0.954. The van der Waals surface area contributed by atoms with Crippen LogP contribution >= 0.6 is 15.9 Å². The van der Waals surface area contributed by atoms with Crippen LogP contribution < -0.4 is 10.6 Å². The number of carbonyl (C=O) groups excluding carboxylic acids is 2. The van der Waals surface area contributed by atoms with Gasteiger partial charge in [0.15, 0.2) is 5.78 Å². The van der Waals surface area contributed by atoms with Crippen LogP contribution in [0.3, 0.4) is 0 Å². The van der Waals surface area contributed by atoms with Gasteiger partial charge in [-0.15, -0.1) is 0 Å². The SMILES string of the molecule is CC1=C(C(=O)Nc2ccc(C)cn2)[C@@H](c2ccc(Br)cc2)C2=C(CCCC2=O)N1. The topological polar surface area (TPSA) is 71.1 Å². The monoisotopic (exact) mass is 451 g/mol. The highest BCUT2D eigenvalue weighted by molar-refractivity contribution is 9.10. The molecular weight excluding hydrogens is 430 g/mol. The minimum absolute atomic E-state index is 0.109. The number of rotatable bonds is 3. The van der Waals surface area contributed by atoms with Crippen LogP contribution in [0.2, 0.25) is 0 Å². The van der Waals surface area contributed by atoms with Crippen LogP contribution in [0.15, 0.2) is 69.6 Å². The van der Waals surface area contributed by atoms with Crippen molar-refractivity contribution in [3.05, 3.63) is 80.7 Å². The van der Waals surface area contributed by atoms with Crippen molar-refractivity contribution in [2.24, 2.45) is 0 Å². The van der Waals surface area contributed by atoms with Gasteiger partial charge in [0.2, 0.25) is 0 Å². The number of pyridine rings is 1. The summed E-state index contributed by atoms with van der Waals surface area (Å²) in [5, 5.41) is 6.23. The molecule has 0 bridgehead atoms. The summed E-state index contributed by atoms with van der Waals surface area (Å²) in [6, 6.07) is 11.5. The highest BCUT2D eigenvalue weighted by Gasteiger charge is 2.38. The van der Waals surface area contributed by atoms with Gasteiger partial charge in [0.25, 0.3) is 5.91 Å². The van der Waals surface area contributed by atoms with E-state index in [1.54, 1.807) is 12.3 Å². The standard InChI is InChI=1S/C23H22BrN3O2/c1-13-6-11-19(25-12-13)27-23(29)20-14(2)26-17-4-3-5-18(28)22(17)21(20)15-7-9-16(24)10-8-15/h6-12,21,26H,3-5H2,1-2H3,(H,25,27,29)/t21-/m1/s1. The van der Waals surface area contributed by atoms with Crippen molar-refractivity contribution in [2.75, 3.05) is 5.32 Å². The van der Waals surface area contributed by atoms with Crippen LogP contribution in [0.4, 0.5) is 5.82 Å². The molecule has 6 heteroatoms. The average Bonchev–Trinajstić information content (AvgIpc) is 2.69. The van der Waals surface area contributed by atoms with Gasteiger partial charge >= 0.3 is 0 Å². The summed E-state index contributed by atoms with van der Waals surface area (Å²) in [6.45, 7) is 3.84. The maximum absolute atomic E-state index is 13.3. The first-order valence-corrected chi connectivity index (χ1v) is 10.5. The van der Waals surface area contributed by atoms with Crippen LogP contribution in [-0.4, -0.2) is 16.7 Å². The number of nitrogens with one attached hydrogen (secondary N) is 2. The van der Waals surface area contributed by atoms with E-state index in [9.17, 15) is 9.59 Å². The quantitative estimate of drug-likeness (QED) is 0.705. The third-order valence-corrected chi connectivity index (χ3v) is 5.91. The highest BCUT2D eigenvalue weighted by atomic mass is 79.9. The molecule has 2 aliphatic rings. The molecule has 0 unspecified atom stereocenters. The van der Waals surface area contributed by atoms with E-state index in [0.717, 1.165) is 39.8 Å². The third kappa shape index (κ3) is 3.90. The molecule has 0 radical (unpaired) electrons. The molecule has 1 amide bonds. The maximum atomic E-state index is 13.3. The number of dihydropyridines is 1. The molecule has 1 aliphatic carbocycles. The van der Waals surface area contributed by atoms with Crippen molar-refractivity contribution in [2.45, 2.75) is 39.0 Å². The number of anilines is 1. The predicted octanol–water partition coefficient (Wildman–Crippen LogP) is 4.76. The van der Waals surface area contributed by atoms with Gasteiger partial charge in [-0.2, -0.15) is 0 Å². The minimum Gasteiger partial charge on any atom is -0.362 e. The van der Waals surface area contributed by atoms with E-state index in [2.05, 4.69) is 31.5 Å². The molecule has 148 valence electrons. The first kappa shape index (κ1) is 19.6. The van der Waals surface area contributed by atoms with Gasteiger partial charge < -0.3 is 10.6 Å². The zero-order chi connectivity index (χ0) is 20.5. The Bertz CT molecular complexity index is 1040. The number of halogens is 1.